The van der Waals surface area contributed by atoms with Crippen LogP contribution in [0.15, 0.2) is 97.1 Å². The molecule has 0 fully saturated rings. The minimum Gasteiger partial charge on any atom is -0.273 e. The molecule has 0 aliphatic heterocycles. The van der Waals surface area contributed by atoms with E-state index in [9.17, 15) is 0 Å². The van der Waals surface area contributed by atoms with E-state index in [1.165, 1.54) is 82.4 Å². The molecule has 0 radical (unpaired) electrons. The summed E-state index contributed by atoms with van der Waals surface area (Å²) in [5.41, 5.74) is 8.83. The predicted octanol–water partition coefficient (Wildman–Crippen LogP) is 15.2. The first-order valence-corrected chi connectivity index (χ1v) is 19.6. The predicted molar refractivity (Wildman–Crippen MR) is 234 cm³/mol. The number of rotatable bonds is 2. The van der Waals surface area contributed by atoms with Gasteiger partial charge in [0.1, 0.15) is 0 Å². The molecule has 6 rings (SSSR count). The zero-order valence-corrected chi connectivity index (χ0v) is 38.6. The molecule has 0 aromatic heterocycles. The summed E-state index contributed by atoms with van der Waals surface area (Å²) in [6.07, 6.45) is 10.0. The van der Waals surface area contributed by atoms with Crippen LogP contribution in [0.4, 0.5) is 0 Å². The Kier molecular flexibility index (Phi) is 16.2. The summed E-state index contributed by atoms with van der Waals surface area (Å²) >= 11 is 13.1. The Labute approximate surface area is 352 Å². The maximum atomic E-state index is 5.86. The summed E-state index contributed by atoms with van der Waals surface area (Å²) in [4.78, 5) is 0. The Bertz CT molecular complexity index is 1870. The van der Waals surface area contributed by atoms with Crippen molar-refractivity contribution in [1.82, 2.24) is 0 Å². The summed E-state index contributed by atoms with van der Waals surface area (Å²) in [5.74, 6) is 0. The van der Waals surface area contributed by atoms with E-state index >= 15 is 0 Å². The maximum absolute atomic E-state index is 5.86. The van der Waals surface area contributed by atoms with E-state index < -0.39 is 0 Å². The van der Waals surface area contributed by atoms with Crippen molar-refractivity contribution in [2.24, 2.45) is 0 Å². The number of hydrogen-bond acceptors (Lipinski definition) is 0. The molecule has 0 amide bonds. The Hall–Kier alpha value is -1.86. The van der Waals surface area contributed by atoms with E-state index in [1.807, 2.05) is 60.7 Å². The fourth-order valence-electron chi connectivity index (χ4n) is 6.33. The topological polar surface area (TPSA) is 0 Å². The van der Waals surface area contributed by atoms with Crippen molar-refractivity contribution < 1.29 is 24.2 Å². The van der Waals surface area contributed by atoms with E-state index in [-0.39, 0.29) is 46.5 Å². The van der Waals surface area contributed by atoms with Crippen LogP contribution in [0.1, 0.15) is 123 Å². The summed E-state index contributed by atoms with van der Waals surface area (Å²) in [7, 11) is 0. The first-order chi connectivity index (χ1) is 23.1. The van der Waals surface area contributed by atoms with Crippen LogP contribution < -0.4 is 0 Å². The van der Waals surface area contributed by atoms with Gasteiger partial charge in [0.2, 0.25) is 0 Å². The van der Waals surface area contributed by atoms with E-state index in [2.05, 4.69) is 126 Å². The molecule has 5 aromatic rings. The van der Waals surface area contributed by atoms with Gasteiger partial charge < -0.3 is 0 Å². The number of benzene rings is 4. The zero-order chi connectivity index (χ0) is 37.2. The van der Waals surface area contributed by atoms with Gasteiger partial charge in [-0.2, -0.15) is 6.08 Å². The molecule has 5 heteroatoms. The summed E-state index contributed by atoms with van der Waals surface area (Å²) < 4.78 is 1.31. The third-order valence-electron chi connectivity index (χ3n) is 9.06. The molecule has 1 aliphatic rings. The minimum atomic E-state index is 0. The van der Waals surface area contributed by atoms with Gasteiger partial charge in [0, 0.05) is 0 Å². The number of allylic oxidation sites excluding steroid dienone is 4. The molecule has 0 bridgehead atoms. The Morgan fingerprint density at radius 2 is 0.885 bits per heavy atom. The SMILES string of the molecule is CC(C)(C)c1cc2[cH-]c3cc(C(C)(C)C)c(C(C)(C)C)cc3c2cc1C(C)(C)C.Cl.Cl.Clc1ccc([C](=[Zr+2])c2ccc(Cl)cc2)cc1.[C-]1=CC=CC1. The van der Waals surface area contributed by atoms with Gasteiger partial charge in [-0.1, -0.05) is 117 Å². The van der Waals surface area contributed by atoms with Crippen LogP contribution in [0.2, 0.25) is 10.0 Å². The van der Waals surface area contributed by atoms with E-state index in [0.29, 0.717) is 0 Å². The second kappa shape index (κ2) is 18.2. The molecule has 0 nitrogen and oxygen atoms in total. The summed E-state index contributed by atoms with van der Waals surface area (Å²) in [5, 5.41) is 7.10. The van der Waals surface area contributed by atoms with Crippen molar-refractivity contribution in [3.63, 3.8) is 0 Å². The molecular weight excluding hydrogens is 798 g/mol. The molecule has 0 saturated heterocycles. The molecule has 0 heterocycles. The first kappa shape index (κ1) is 46.3. The molecule has 0 saturated carbocycles. The third kappa shape index (κ3) is 11.8. The van der Waals surface area contributed by atoms with Crippen LogP contribution in [-0.4, -0.2) is 3.21 Å². The van der Waals surface area contributed by atoms with Crippen LogP contribution in [0.3, 0.4) is 0 Å². The zero-order valence-electron chi connectivity index (χ0n) is 33.0. The minimum absolute atomic E-state index is 0. The van der Waals surface area contributed by atoms with Gasteiger partial charge in [-0.05, 0) is 21.7 Å². The monoisotopic (exact) mass is 850 g/mol. The molecule has 52 heavy (non-hydrogen) atoms. The second-order valence-electron chi connectivity index (χ2n) is 17.5. The average Bonchev–Trinajstić information content (AvgIpc) is 3.71. The molecule has 5 aromatic carbocycles. The van der Waals surface area contributed by atoms with Crippen molar-refractivity contribution in [1.29, 1.82) is 0 Å². The van der Waals surface area contributed by atoms with Crippen molar-refractivity contribution in [3.8, 4) is 0 Å². The molecule has 0 unspecified atom stereocenters. The van der Waals surface area contributed by atoms with E-state index in [1.54, 1.807) is 0 Å². The average molecular weight is 854 g/mol. The number of halogens is 4. The van der Waals surface area contributed by atoms with Gasteiger partial charge >= 0.3 is 120 Å². The molecule has 0 spiro atoms. The Morgan fingerprint density at radius 3 is 1.13 bits per heavy atom. The third-order valence-corrected chi connectivity index (χ3v) is 11.0. The quantitative estimate of drug-likeness (QED) is 0.155. The smallest absolute Gasteiger partial charge is 0.109 e. The fraction of sp³-hybridized carbons (Fsp3) is 0.362. The second-order valence-corrected chi connectivity index (χ2v) is 19.6. The maximum Gasteiger partial charge on any atom is -0.109 e. The van der Waals surface area contributed by atoms with Gasteiger partial charge in [-0.3, -0.25) is 6.08 Å². The standard InChI is InChI=1S/C29H41.C13H8Cl2.C5H5.2ClH.Zr/c1-26(2,3)22-14-18-13-19-15-23(27(4,5)6)25(29(10,11)12)17-21(19)20(18)16-24(22)28(7,8)9;14-12-5-1-10(2-6-12)9-11-3-7-13(15)8-4-11;1-2-4-5-3-1;;;/h13-17H,1-12H3;1-8H;1-3H,4H2;2*1H;/q-1;;-1;;;+2. The number of fused-ring (bicyclic) bond motifs is 3. The molecule has 0 N–H and O–H groups in total. The normalized spacial score (nSPS) is 12.8. The fourth-order valence-corrected chi connectivity index (χ4v) is 7.40. The van der Waals surface area contributed by atoms with E-state index in [0.717, 1.165) is 16.5 Å². The van der Waals surface area contributed by atoms with Gasteiger partial charge in [0.05, 0.1) is 0 Å². The molecule has 276 valence electrons. The van der Waals surface area contributed by atoms with Crippen molar-refractivity contribution in [3.05, 3.63) is 147 Å². The van der Waals surface area contributed by atoms with Crippen molar-refractivity contribution in [2.75, 3.05) is 0 Å². The van der Waals surface area contributed by atoms with Crippen LogP contribution in [0.5, 0.6) is 0 Å². The Morgan fingerprint density at radius 1 is 0.558 bits per heavy atom. The first-order valence-electron chi connectivity index (χ1n) is 17.6. The number of hydrogen-bond donors (Lipinski definition) is 0. The van der Waals surface area contributed by atoms with Crippen LogP contribution >= 0.6 is 48.0 Å². The summed E-state index contributed by atoms with van der Waals surface area (Å²) in [6, 6.07) is 28.1. The largest absolute Gasteiger partial charge is 0.273 e. The van der Waals surface area contributed by atoms with Crippen LogP contribution in [0.25, 0.3) is 21.5 Å². The van der Waals surface area contributed by atoms with Gasteiger partial charge in [-0.25, -0.2) is 12.2 Å². The van der Waals surface area contributed by atoms with Crippen molar-refractivity contribution in [2.45, 2.75) is 111 Å². The molecule has 0 atom stereocenters. The Balaban J connectivity index is 0.000000340. The van der Waals surface area contributed by atoms with Gasteiger partial charge in [-0.15, -0.1) is 71.0 Å². The van der Waals surface area contributed by atoms with E-state index in [4.69, 9.17) is 23.2 Å². The van der Waals surface area contributed by atoms with Crippen molar-refractivity contribution >= 4 is 72.8 Å². The summed E-state index contributed by atoms with van der Waals surface area (Å²) in [6.45, 7) is 28.0. The van der Waals surface area contributed by atoms with Gasteiger partial charge in [0.25, 0.3) is 0 Å². The van der Waals surface area contributed by atoms with Crippen LogP contribution in [-0.2, 0) is 45.9 Å². The van der Waals surface area contributed by atoms with Gasteiger partial charge in [0.15, 0.2) is 0 Å². The molecular formula is C47H56Cl4Zr. The molecule has 1 aliphatic carbocycles. The van der Waals surface area contributed by atoms with Crippen LogP contribution in [0, 0.1) is 6.08 Å².